The van der Waals surface area contributed by atoms with E-state index < -0.39 is 22.6 Å². The SMILES string of the molecule is C=CCN(Cc1ccccc1)C(=O)[C@@H]1[C@H]2C(=O)N(CCCCCCO)C(C(=O)N(CC=C)C(C)CCC)C23CC[C@H]1S3. The van der Waals surface area contributed by atoms with Crippen LogP contribution in [0.15, 0.2) is 55.6 Å². The number of thioether (sulfide) groups is 1. The number of aliphatic hydroxyl groups is 1. The van der Waals surface area contributed by atoms with Gasteiger partial charge < -0.3 is 19.8 Å². The molecule has 3 saturated heterocycles. The Kier molecular flexibility index (Phi) is 11.3. The highest BCUT2D eigenvalue weighted by molar-refractivity contribution is 8.02. The number of carbonyl (C=O) groups is 3. The molecule has 2 bridgehead atoms. The Bertz CT molecular complexity index is 1110. The van der Waals surface area contributed by atoms with Crippen LogP contribution >= 0.6 is 11.8 Å². The van der Waals surface area contributed by atoms with Gasteiger partial charge in [0, 0.05) is 44.1 Å². The monoisotopic (exact) mass is 595 g/mol. The van der Waals surface area contributed by atoms with Gasteiger partial charge in [-0.15, -0.1) is 24.9 Å². The molecule has 1 N–H and O–H groups in total. The first-order chi connectivity index (χ1) is 20.3. The molecule has 6 atom stereocenters. The Morgan fingerprint density at radius 1 is 1.12 bits per heavy atom. The molecule has 3 amide bonds. The van der Waals surface area contributed by atoms with Crippen LogP contribution in [-0.2, 0) is 20.9 Å². The molecule has 8 heteroatoms. The number of aliphatic hydroxyl groups excluding tert-OH is 1. The number of nitrogens with zero attached hydrogens (tertiary/aromatic N) is 3. The maximum atomic E-state index is 14.6. The summed E-state index contributed by atoms with van der Waals surface area (Å²) in [4.78, 5) is 48.9. The number of benzene rings is 1. The quantitative estimate of drug-likeness (QED) is 0.201. The number of amides is 3. The van der Waals surface area contributed by atoms with Crippen LogP contribution < -0.4 is 0 Å². The third-order valence-electron chi connectivity index (χ3n) is 9.35. The molecule has 7 nitrogen and oxygen atoms in total. The predicted molar refractivity (Wildman–Crippen MR) is 170 cm³/mol. The number of unbranched alkanes of at least 4 members (excludes halogenated alkanes) is 3. The van der Waals surface area contributed by atoms with E-state index in [1.807, 2.05) is 45.0 Å². The fourth-order valence-corrected chi connectivity index (χ4v) is 9.67. The summed E-state index contributed by atoms with van der Waals surface area (Å²) in [5.41, 5.74) is 1.04. The minimum atomic E-state index is -0.595. The van der Waals surface area contributed by atoms with E-state index >= 15 is 0 Å². The van der Waals surface area contributed by atoms with Crippen LogP contribution in [0.1, 0.15) is 70.8 Å². The fraction of sp³-hybridized carbons (Fsp3) is 0.618. The normalized spacial score (nSPS) is 26.6. The lowest BCUT2D eigenvalue weighted by atomic mass is 9.70. The molecule has 3 aliphatic rings. The molecule has 1 spiro atoms. The first kappa shape index (κ1) is 32.3. The fourth-order valence-electron chi connectivity index (χ4n) is 7.46. The molecular formula is C34H49N3O4S. The first-order valence-corrected chi connectivity index (χ1v) is 16.7. The van der Waals surface area contributed by atoms with Crippen molar-refractivity contribution in [1.29, 1.82) is 0 Å². The Labute approximate surface area is 256 Å². The maximum Gasteiger partial charge on any atom is 0.247 e. The zero-order chi connectivity index (χ0) is 30.3. The molecule has 230 valence electrons. The van der Waals surface area contributed by atoms with E-state index in [1.54, 1.807) is 23.9 Å². The second-order valence-electron chi connectivity index (χ2n) is 12.1. The topological polar surface area (TPSA) is 81.2 Å². The molecule has 0 radical (unpaired) electrons. The van der Waals surface area contributed by atoms with Crippen molar-refractivity contribution in [3.8, 4) is 0 Å². The molecule has 42 heavy (non-hydrogen) atoms. The summed E-state index contributed by atoms with van der Waals surface area (Å²) in [6.07, 6.45) is 10.2. The molecule has 0 aromatic heterocycles. The van der Waals surface area contributed by atoms with Gasteiger partial charge in [-0.1, -0.05) is 68.7 Å². The molecule has 0 aliphatic carbocycles. The molecule has 3 unspecified atom stereocenters. The van der Waals surface area contributed by atoms with Gasteiger partial charge in [-0.25, -0.2) is 0 Å². The van der Waals surface area contributed by atoms with Crippen molar-refractivity contribution in [3.05, 3.63) is 61.2 Å². The number of fused-ring (bicyclic) bond motifs is 1. The van der Waals surface area contributed by atoms with Crippen molar-refractivity contribution in [2.75, 3.05) is 26.2 Å². The van der Waals surface area contributed by atoms with Crippen LogP contribution in [0.2, 0.25) is 0 Å². The smallest absolute Gasteiger partial charge is 0.247 e. The van der Waals surface area contributed by atoms with E-state index in [2.05, 4.69) is 27.0 Å². The van der Waals surface area contributed by atoms with Crippen LogP contribution in [-0.4, -0.2) is 85.8 Å². The lowest BCUT2D eigenvalue weighted by Crippen LogP contribution is -2.56. The van der Waals surface area contributed by atoms with Crippen LogP contribution in [0.5, 0.6) is 0 Å². The third-order valence-corrected chi connectivity index (χ3v) is 11.3. The van der Waals surface area contributed by atoms with Crippen LogP contribution in [0.3, 0.4) is 0 Å². The molecule has 1 aromatic carbocycles. The highest BCUT2D eigenvalue weighted by Gasteiger charge is 2.74. The van der Waals surface area contributed by atoms with Gasteiger partial charge in [-0.2, -0.15) is 0 Å². The summed E-state index contributed by atoms with van der Waals surface area (Å²) in [6, 6.07) is 9.38. The summed E-state index contributed by atoms with van der Waals surface area (Å²) in [7, 11) is 0. The number of hydrogen-bond acceptors (Lipinski definition) is 5. The summed E-state index contributed by atoms with van der Waals surface area (Å²) < 4.78 is -0.595. The maximum absolute atomic E-state index is 14.6. The van der Waals surface area contributed by atoms with Crippen molar-refractivity contribution in [2.45, 2.75) is 93.8 Å². The first-order valence-electron chi connectivity index (χ1n) is 15.8. The summed E-state index contributed by atoms with van der Waals surface area (Å²) in [6.45, 7) is 14.0. The molecule has 3 aliphatic heterocycles. The minimum absolute atomic E-state index is 0.00413. The third kappa shape index (κ3) is 6.35. The van der Waals surface area contributed by atoms with Gasteiger partial charge in [0.1, 0.15) is 6.04 Å². The summed E-state index contributed by atoms with van der Waals surface area (Å²) in [5, 5.41) is 9.24. The van der Waals surface area contributed by atoms with Gasteiger partial charge in [0.05, 0.1) is 16.6 Å². The zero-order valence-electron chi connectivity index (χ0n) is 25.5. The van der Waals surface area contributed by atoms with Crippen molar-refractivity contribution in [2.24, 2.45) is 11.8 Å². The van der Waals surface area contributed by atoms with E-state index in [9.17, 15) is 19.5 Å². The second-order valence-corrected chi connectivity index (χ2v) is 13.7. The van der Waals surface area contributed by atoms with Gasteiger partial charge in [-0.3, -0.25) is 14.4 Å². The highest BCUT2D eigenvalue weighted by Crippen LogP contribution is 2.66. The van der Waals surface area contributed by atoms with Crippen molar-refractivity contribution in [3.63, 3.8) is 0 Å². The van der Waals surface area contributed by atoms with Gasteiger partial charge in [0.2, 0.25) is 17.7 Å². The lowest BCUT2D eigenvalue weighted by Gasteiger charge is -2.39. The van der Waals surface area contributed by atoms with E-state index in [4.69, 9.17) is 0 Å². The average molecular weight is 596 g/mol. The van der Waals surface area contributed by atoms with Crippen molar-refractivity contribution in [1.82, 2.24) is 14.7 Å². The Morgan fingerprint density at radius 2 is 1.83 bits per heavy atom. The summed E-state index contributed by atoms with van der Waals surface area (Å²) in [5.74, 6) is -1.00. The van der Waals surface area contributed by atoms with Gasteiger partial charge in [-0.05, 0) is 44.6 Å². The van der Waals surface area contributed by atoms with Gasteiger partial charge >= 0.3 is 0 Å². The molecule has 1 aromatic rings. The second kappa shape index (κ2) is 14.7. The van der Waals surface area contributed by atoms with Crippen LogP contribution in [0.4, 0.5) is 0 Å². The Morgan fingerprint density at radius 3 is 2.50 bits per heavy atom. The van der Waals surface area contributed by atoms with E-state index in [0.717, 1.165) is 56.9 Å². The average Bonchev–Trinajstić information content (AvgIpc) is 3.63. The number of likely N-dealkylation sites (tertiary alicyclic amines) is 1. The number of rotatable bonds is 17. The minimum Gasteiger partial charge on any atom is -0.396 e. The number of hydrogen-bond donors (Lipinski definition) is 1. The van der Waals surface area contributed by atoms with E-state index in [1.165, 1.54) is 0 Å². The standard InChI is InChI=1S/C34H49N3O4S/c1-5-15-25(4)36(21-7-3)33(41)30-34-19-18-27(42-34)28(29(34)32(40)37(30)22-13-8-9-14-23-38)31(39)35(20-6-2)24-26-16-11-10-12-17-26/h6-7,10-12,16-17,25,27-30,38H,2-3,5,8-9,13-15,18-24H2,1,4H3/t25?,27-,28+,29+,30?,34?/m1/s1. The highest BCUT2D eigenvalue weighted by atomic mass is 32.2. The predicted octanol–water partition coefficient (Wildman–Crippen LogP) is 5.05. The summed E-state index contributed by atoms with van der Waals surface area (Å²) >= 11 is 1.74. The van der Waals surface area contributed by atoms with Crippen LogP contribution in [0.25, 0.3) is 0 Å². The molecule has 3 fully saturated rings. The van der Waals surface area contributed by atoms with Gasteiger partial charge in [0.25, 0.3) is 0 Å². The lowest BCUT2D eigenvalue weighted by molar-refractivity contribution is -0.145. The largest absolute Gasteiger partial charge is 0.396 e. The van der Waals surface area contributed by atoms with Gasteiger partial charge in [0.15, 0.2) is 0 Å². The molecule has 4 rings (SSSR count). The Hall–Kier alpha value is -2.58. The van der Waals surface area contributed by atoms with Crippen LogP contribution in [0, 0.1) is 11.8 Å². The number of carbonyl (C=O) groups excluding carboxylic acids is 3. The molecule has 0 saturated carbocycles. The van der Waals surface area contributed by atoms with E-state index in [0.29, 0.717) is 26.2 Å². The Balaban J connectivity index is 1.67. The van der Waals surface area contributed by atoms with Crippen molar-refractivity contribution >= 4 is 29.5 Å². The molecular weight excluding hydrogens is 546 g/mol. The molecule has 3 heterocycles. The zero-order valence-corrected chi connectivity index (χ0v) is 26.3. The van der Waals surface area contributed by atoms with Crippen molar-refractivity contribution < 1.29 is 19.5 Å². The van der Waals surface area contributed by atoms with E-state index in [-0.39, 0.29) is 35.6 Å².